The summed E-state index contributed by atoms with van der Waals surface area (Å²) in [6, 6.07) is 12.2. The maximum atomic E-state index is 11.0. The van der Waals surface area contributed by atoms with Crippen LogP contribution in [0, 0.1) is 6.92 Å². The van der Waals surface area contributed by atoms with Gasteiger partial charge in [0.2, 0.25) is 5.91 Å². The zero-order chi connectivity index (χ0) is 18.8. The Morgan fingerprint density at radius 2 is 2.11 bits per heavy atom. The van der Waals surface area contributed by atoms with Crippen molar-refractivity contribution in [3.05, 3.63) is 60.2 Å². The largest absolute Gasteiger partial charge is 0.370 e. The number of hydrogen-bond donors (Lipinski definition) is 1. The van der Waals surface area contributed by atoms with Crippen molar-refractivity contribution in [3.8, 4) is 0 Å². The molecular formula is C20H21N5OS. The van der Waals surface area contributed by atoms with Crippen LogP contribution in [0.15, 0.2) is 53.9 Å². The molecule has 0 aliphatic carbocycles. The number of hydrogen-bond acceptors (Lipinski definition) is 4. The molecule has 4 rings (SSSR count). The molecule has 138 valence electrons. The van der Waals surface area contributed by atoms with Crippen LogP contribution in [0.2, 0.25) is 0 Å². The third kappa shape index (κ3) is 3.55. The van der Waals surface area contributed by atoms with Gasteiger partial charge in [-0.2, -0.15) is 0 Å². The molecule has 1 aromatic carbocycles. The summed E-state index contributed by atoms with van der Waals surface area (Å²) < 4.78 is 4.30. The van der Waals surface area contributed by atoms with E-state index in [2.05, 4.69) is 26.9 Å². The lowest BCUT2D eigenvalue weighted by molar-refractivity contribution is -0.118. The highest BCUT2D eigenvalue weighted by Gasteiger charge is 2.15. The van der Waals surface area contributed by atoms with Gasteiger partial charge in [0.15, 0.2) is 0 Å². The number of imidazole rings is 2. The highest BCUT2D eigenvalue weighted by Crippen LogP contribution is 2.27. The standard InChI is InChI=1S/C20H21N5OS/c1-14-6-4-7-15-19(14)24(13-22-15)12-16-20(27-11-5-8-17(21)26)23-18-9-2-3-10-25(16)18/h2-4,6-7,9-10,13H,5,8,11-12H2,1H3,(H2,21,26). The summed E-state index contributed by atoms with van der Waals surface area (Å²) in [5.74, 6) is 0.551. The number of carbonyl (C=O) groups is 1. The lowest BCUT2D eigenvalue weighted by Crippen LogP contribution is -2.10. The quantitative estimate of drug-likeness (QED) is 0.394. The van der Waals surface area contributed by atoms with E-state index in [9.17, 15) is 4.79 Å². The van der Waals surface area contributed by atoms with Crippen molar-refractivity contribution in [2.75, 3.05) is 5.75 Å². The lowest BCUT2D eigenvalue weighted by atomic mass is 10.2. The van der Waals surface area contributed by atoms with E-state index in [1.807, 2.05) is 42.9 Å². The van der Waals surface area contributed by atoms with E-state index in [-0.39, 0.29) is 5.91 Å². The maximum Gasteiger partial charge on any atom is 0.217 e. The van der Waals surface area contributed by atoms with Crippen LogP contribution in [0.3, 0.4) is 0 Å². The van der Waals surface area contributed by atoms with Gasteiger partial charge < -0.3 is 14.7 Å². The number of primary amides is 1. The number of benzene rings is 1. The predicted molar refractivity (Wildman–Crippen MR) is 108 cm³/mol. The molecule has 27 heavy (non-hydrogen) atoms. The number of nitrogens with zero attached hydrogens (tertiary/aromatic N) is 4. The van der Waals surface area contributed by atoms with Gasteiger partial charge in [0, 0.05) is 18.4 Å². The highest BCUT2D eigenvalue weighted by atomic mass is 32.2. The Hall–Kier alpha value is -2.80. The van der Waals surface area contributed by atoms with E-state index in [4.69, 9.17) is 10.7 Å². The first-order chi connectivity index (χ1) is 13.1. The zero-order valence-electron chi connectivity index (χ0n) is 15.1. The number of pyridine rings is 1. The molecule has 2 N–H and O–H groups in total. The fourth-order valence-electron chi connectivity index (χ4n) is 3.29. The molecule has 4 aromatic rings. The molecule has 0 fully saturated rings. The zero-order valence-corrected chi connectivity index (χ0v) is 15.9. The Labute approximate surface area is 161 Å². The second-order valence-electron chi connectivity index (χ2n) is 6.53. The SMILES string of the molecule is Cc1cccc2ncn(Cc3c(SCCCC(N)=O)nc4ccccn34)c12. The van der Waals surface area contributed by atoms with Crippen molar-refractivity contribution in [1.29, 1.82) is 0 Å². The Bertz CT molecular complexity index is 1110. The van der Waals surface area contributed by atoms with Crippen LogP contribution in [-0.2, 0) is 11.3 Å². The van der Waals surface area contributed by atoms with E-state index in [1.54, 1.807) is 11.8 Å². The van der Waals surface area contributed by atoms with Gasteiger partial charge in [0.05, 0.1) is 29.6 Å². The molecule has 7 heteroatoms. The summed E-state index contributed by atoms with van der Waals surface area (Å²) in [5.41, 5.74) is 10.6. The number of rotatable bonds is 7. The third-order valence-electron chi connectivity index (χ3n) is 4.56. The third-order valence-corrected chi connectivity index (χ3v) is 5.65. The number of carbonyl (C=O) groups excluding carboxylic acids is 1. The first-order valence-corrected chi connectivity index (χ1v) is 9.89. The Kier molecular flexibility index (Phi) is 4.85. The van der Waals surface area contributed by atoms with Gasteiger partial charge in [-0.25, -0.2) is 9.97 Å². The summed E-state index contributed by atoms with van der Waals surface area (Å²) in [5, 5.41) is 0.987. The second kappa shape index (κ2) is 7.44. The van der Waals surface area contributed by atoms with Crippen molar-refractivity contribution in [2.24, 2.45) is 5.73 Å². The van der Waals surface area contributed by atoms with Crippen LogP contribution in [0.4, 0.5) is 0 Å². The van der Waals surface area contributed by atoms with Gasteiger partial charge in [-0.05, 0) is 37.1 Å². The molecule has 3 heterocycles. The number of fused-ring (bicyclic) bond motifs is 2. The molecule has 0 atom stereocenters. The molecule has 0 unspecified atom stereocenters. The van der Waals surface area contributed by atoms with Crippen LogP contribution in [0.1, 0.15) is 24.1 Å². The molecular weight excluding hydrogens is 358 g/mol. The van der Waals surface area contributed by atoms with Gasteiger partial charge in [0.1, 0.15) is 10.7 Å². The predicted octanol–water partition coefficient (Wildman–Crippen LogP) is 3.40. The van der Waals surface area contributed by atoms with Crippen LogP contribution >= 0.6 is 11.8 Å². The first-order valence-electron chi connectivity index (χ1n) is 8.91. The van der Waals surface area contributed by atoms with E-state index in [0.29, 0.717) is 13.0 Å². The van der Waals surface area contributed by atoms with E-state index >= 15 is 0 Å². The van der Waals surface area contributed by atoms with E-state index in [1.165, 1.54) is 5.56 Å². The van der Waals surface area contributed by atoms with E-state index < -0.39 is 0 Å². The van der Waals surface area contributed by atoms with Gasteiger partial charge in [-0.3, -0.25) is 4.79 Å². The van der Waals surface area contributed by atoms with Gasteiger partial charge in [0.25, 0.3) is 0 Å². The van der Waals surface area contributed by atoms with Gasteiger partial charge in [-0.15, -0.1) is 11.8 Å². The summed E-state index contributed by atoms with van der Waals surface area (Å²) in [6.07, 6.45) is 5.08. The van der Waals surface area contributed by atoms with Gasteiger partial charge in [-0.1, -0.05) is 18.2 Å². The number of aromatic nitrogens is 4. The summed E-state index contributed by atoms with van der Waals surface area (Å²) >= 11 is 1.67. The molecule has 1 amide bonds. The van der Waals surface area contributed by atoms with Crippen molar-refractivity contribution in [1.82, 2.24) is 18.9 Å². The Balaban J connectivity index is 1.69. The number of thioether (sulfide) groups is 1. The number of nitrogens with two attached hydrogens (primary N) is 1. The van der Waals surface area contributed by atoms with Gasteiger partial charge >= 0.3 is 0 Å². The molecule has 6 nitrogen and oxygen atoms in total. The Morgan fingerprint density at radius 1 is 1.22 bits per heavy atom. The Morgan fingerprint density at radius 3 is 2.96 bits per heavy atom. The van der Waals surface area contributed by atoms with Crippen molar-refractivity contribution in [3.63, 3.8) is 0 Å². The highest BCUT2D eigenvalue weighted by molar-refractivity contribution is 7.99. The molecule has 3 aromatic heterocycles. The van der Waals surface area contributed by atoms with Crippen molar-refractivity contribution >= 4 is 34.3 Å². The molecule has 0 saturated carbocycles. The molecule has 0 radical (unpaired) electrons. The average molecular weight is 379 g/mol. The smallest absolute Gasteiger partial charge is 0.217 e. The minimum atomic E-state index is -0.258. The molecule has 0 bridgehead atoms. The monoisotopic (exact) mass is 379 g/mol. The summed E-state index contributed by atoms with van der Waals surface area (Å²) in [4.78, 5) is 20.3. The normalized spacial score (nSPS) is 11.4. The summed E-state index contributed by atoms with van der Waals surface area (Å²) in [6.45, 7) is 2.79. The molecule has 0 aliphatic rings. The minimum absolute atomic E-state index is 0.258. The van der Waals surface area contributed by atoms with Crippen molar-refractivity contribution < 1.29 is 4.79 Å². The number of para-hydroxylation sites is 1. The molecule has 0 spiro atoms. The van der Waals surface area contributed by atoms with Crippen molar-refractivity contribution in [2.45, 2.75) is 31.3 Å². The second-order valence-corrected chi connectivity index (χ2v) is 7.61. The maximum absolute atomic E-state index is 11.0. The topological polar surface area (TPSA) is 78.2 Å². The molecule has 0 saturated heterocycles. The first kappa shape index (κ1) is 17.6. The fraction of sp³-hybridized carbons (Fsp3) is 0.250. The van der Waals surface area contributed by atoms with Crippen LogP contribution in [0.5, 0.6) is 0 Å². The number of aryl methyl sites for hydroxylation is 1. The lowest BCUT2D eigenvalue weighted by Gasteiger charge is -2.08. The fourth-order valence-corrected chi connectivity index (χ4v) is 4.26. The number of amides is 1. The van der Waals surface area contributed by atoms with Crippen LogP contribution in [0.25, 0.3) is 16.7 Å². The average Bonchev–Trinajstić information content (AvgIpc) is 3.22. The summed E-state index contributed by atoms with van der Waals surface area (Å²) in [7, 11) is 0. The molecule has 0 aliphatic heterocycles. The van der Waals surface area contributed by atoms with Crippen LogP contribution in [-0.4, -0.2) is 30.6 Å². The minimum Gasteiger partial charge on any atom is -0.370 e. The van der Waals surface area contributed by atoms with Crippen LogP contribution < -0.4 is 5.73 Å². The van der Waals surface area contributed by atoms with E-state index in [0.717, 1.165) is 39.6 Å².